The summed E-state index contributed by atoms with van der Waals surface area (Å²) < 4.78 is 10.6. The van der Waals surface area contributed by atoms with Crippen molar-refractivity contribution >= 4 is 5.91 Å². The minimum absolute atomic E-state index is 0.0278. The van der Waals surface area contributed by atoms with Gasteiger partial charge in [0, 0.05) is 5.56 Å². The molecule has 0 saturated heterocycles. The van der Waals surface area contributed by atoms with E-state index in [0.29, 0.717) is 12.2 Å². The minimum Gasteiger partial charge on any atom is -0.497 e. The lowest BCUT2D eigenvalue weighted by Crippen LogP contribution is -2.28. The summed E-state index contributed by atoms with van der Waals surface area (Å²) in [4.78, 5) is 12.4. The van der Waals surface area contributed by atoms with Gasteiger partial charge in [-0.1, -0.05) is 19.1 Å². The molecule has 122 valence electrons. The highest BCUT2D eigenvalue weighted by molar-refractivity contribution is 5.94. The van der Waals surface area contributed by atoms with Crippen molar-refractivity contribution < 1.29 is 14.3 Å². The van der Waals surface area contributed by atoms with Gasteiger partial charge in [-0.3, -0.25) is 4.79 Å². The van der Waals surface area contributed by atoms with Crippen LogP contribution in [-0.4, -0.2) is 19.6 Å². The first-order valence-electron chi connectivity index (χ1n) is 7.85. The highest BCUT2D eigenvalue weighted by atomic mass is 16.5. The van der Waals surface area contributed by atoms with Crippen LogP contribution in [0.15, 0.2) is 48.5 Å². The predicted octanol–water partition coefficient (Wildman–Crippen LogP) is 3.98. The number of benzene rings is 2. The molecule has 1 atom stereocenters. The summed E-state index contributed by atoms with van der Waals surface area (Å²) in [7, 11) is 1.64. The molecule has 0 aliphatic carbocycles. The third-order valence-electron chi connectivity index (χ3n) is 3.66. The smallest absolute Gasteiger partial charge is 0.251 e. The van der Waals surface area contributed by atoms with E-state index in [1.165, 1.54) is 0 Å². The molecule has 0 aromatic heterocycles. The second-order valence-electron chi connectivity index (χ2n) is 5.16. The molecule has 0 fully saturated rings. The Hall–Kier alpha value is -2.49. The number of nitrogens with one attached hydrogen (secondary N) is 1. The summed E-state index contributed by atoms with van der Waals surface area (Å²) in [6, 6.07) is 14.9. The normalized spacial score (nSPS) is 11.6. The van der Waals surface area contributed by atoms with Gasteiger partial charge in [0.2, 0.25) is 0 Å². The summed E-state index contributed by atoms with van der Waals surface area (Å²) >= 11 is 0. The van der Waals surface area contributed by atoms with E-state index in [-0.39, 0.29) is 11.9 Å². The minimum atomic E-state index is -0.0873. The Kier molecular flexibility index (Phi) is 6.03. The highest BCUT2D eigenvalue weighted by Crippen LogP contribution is 2.21. The van der Waals surface area contributed by atoms with E-state index in [1.54, 1.807) is 19.2 Å². The van der Waals surface area contributed by atoms with Crippen LogP contribution in [0, 0.1) is 0 Å². The van der Waals surface area contributed by atoms with Gasteiger partial charge in [-0.15, -0.1) is 0 Å². The zero-order valence-corrected chi connectivity index (χ0v) is 13.8. The van der Waals surface area contributed by atoms with Crippen molar-refractivity contribution in [2.75, 3.05) is 13.7 Å². The Morgan fingerprint density at radius 2 is 1.61 bits per heavy atom. The average Bonchev–Trinajstić information content (AvgIpc) is 2.60. The van der Waals surface area contributed by atoms with Gasteiger partial charge in [0.1, 0.15) is 11.5 Å². The van der Waals surface area contributed by atoms with Crippen LogP contribution in [0.2, 0.25) is 0 Å². The van der Waals surface area contributed by atoms with Crippen molar-refractivity contribution in [2.24, 2.45) is 0 Å². The molecule has 2 rings (SSSR count). The van der Waals surface area contributed by atoms with Crippen LogP contribution in [0.5, 0.6) is 11.5 Å². The van der Waals surface area contributed by atoms with E-state index in [9.17, 15) is 4.79 Å². The lowest BCUT2D eigenvalue weighted by atomic mass is 10.0. The molecule has 23 heavy (non-hydrogen) atoms. The summed E-state index contributed by atoms with van der Waals surface area (Å²) in [5, 5.41) is 3.07. The quantitative estimate of drug-likeness (QED) is 0.841. The zero-order valence-electron chi connectivity index (χ0n) is 13.8. The molecular weight excluding hydrogens is 290 g/mol. The molecule has 0 saturated carbocycles. The van der Waals surface area contributed by atoms with E-state index in [0.717, 1.165) is 23.5 Å². The Balaban J connectivity index is 2.06. The molecule has 0 spiro atoms. The molecular formula is C19H23NO3. The van der Waals surface area contributed by atoms with Crippen molar-refractivity contribution in [1.29, 1.82) is 0 Å². The first-order valence-corrected chi connectivity index (χ1v) is 7.85. The second kappa shape index (κ2) is 8.22. The number of amides is 1. The molecule has 2 aromatic rings. The fourth-order valence-electron chi connectivity index (χ4n) is 2.37. The number of carbonyl (C=O) groups excluding carboxylic acids is 1. The molecule has 0 unspecified atom stereocenters. The molecule has 2 aromatic carbocycles. The van der Waals surface area contributed by atoms with Gasteiger partial charge in [0.15, 0.2) is 0 Å². The Morgan fingerprint density at radius 1 is 1.00 bits per heavy atom. The third-order valence-corrected chi connectivity index (χ3v) is 3.66. The molecule has 1 N–H and O–H groups in total. The first kappa shape index (κ1) is 16.9. The zero-order chi connectivity index (χ0) is 16.7. The van der Waals surface area contributed by atoms with E-state index < -0.39 is 0 Å². The van der Waals surface area contributed by atoms with Crippen molar-refractivity contribution in [3.63, 3.8) is 0 Å². The lowest BCUT2D eigenvalue weighted by Gasteiger charge is -2.18. The summed E-state index contributed by atoms with van der Waals surface area (Å²) in [6.45, 7) is 4.59. The van der Waals surface area contributed by atoms with Gasteiger partial charge >= 0.3 is 0 Å². The predicted molar refractivity (Wildman–Crippen MR) is 91.1 cm³/mol. The fourth-order valence-corrected chi connectivity index (χ4v) is 2.37. The molecule has 0 aliphatic rings. The maximum atomic E-state index is 12.4. The van der Waals surface area contributed by atoms with E-state index in [1.807, 2.05) is 50.2 Å². The molecule has 4 heteroatoms. The number of carbonyl (C=O) groups is 1. The van der Waals surface area contributed by atoms with E-state index >= 15 is 0 Å². The number of hydrogen-bond acceptors (Lipinski definition) is 3. The topological polar surface area (TPSA) is 47.6 Å². The molecule has 0 radical (unpaired) electrons. The SMILES string of the molecule is CCOc1ccc(C(=O)N[C@@H](CC)c2ccc(OC)cc2)cc1. The average molecular weight is 313 g/mol. The van der Waals surface area contributed by atoms with Crippen LogP contribution in [0.3, 0.4) is 0 Å². The Morgan fingerprint density at radius 3 is 2.13 bits per heavy atom. The van der Waals surface area contributed by atoms with E-state index in [2.05, 4.69) is 5.32 Å². The molecule has 0 bridgehead atoms. The lowest BCUT2D eigenvalue weighted by molar-refractivity contribution is 0.0935. The largest absolute Gasteiger partial charge is 0.497 e. The van der Waals surface area contributed by atoms with Crippen LogP contribution in [0.25, 0.3) is 0 Å². The van der Waals surface area contributed by atoms with Crippen molar-refractivity contribution in [1.82, 2.24) is 5.32 Å². The van der Waals surface area contributed by atoms with Crippen LogP contribution >= 0.6 is 0 Å². The summed E-state index contributed by atoms with van der Waals surface area (Å²) in [6.07, 6.45) is 0.815. The second-order valence-corrected chi connectivity index (χ2v) is 5.16. The number of methoxy groups -OCH3 is 1. The fraction of sp³-hybridized carbons (Fsp3) is 0.316. The Labute approximate surface area is 137 Å². The van der Waals surface area contributed by atoms with Gasteiger partial charge in [-0.2, -0.15) is 0 Å². The number of ether oxygens (including phenoxy) is 2. The number of rotatable bonds is 7. The van der Waals surface area contributed by atoms with Gasteiger partial charge < -0.3 is 14.8 Å². The van der Waals surface area contributed by atoms with Crippen molar-refractivity contribution in [3.8, 4) is 11.5 Å². The summed E-state index contributed by atoms with van der Waals surface area (Å²) in [5.41, 5.74) is 1.69. The van der Waals surface area contributed by atoms with Gasteiger partial charge in [0.25, 0.3) is 5.91 Å². The first-order chi connectivity index (χ1) is 11.2. The molecule has 0 aliphatic heterocycles. The van der Waals surface area contributed by atoms with Crippen molar-refractivity contribution in [3.05, 3.63) is 59.7 Å². The molecule has 4 nitrogen and oxygen atoms in total. The van der Waals surface area contributed by atoms with Gasteiger partial charge in [0.05, 0.1) is 19.8 Å². The standard InChI is InChI=1S/C19H23NO3/c1-4-18(14-6-10-16(22-3)11-7-14)20-19(21)15-8-12-17(13-9-15)23-5-2/h6-13,18H,4-5H2,1-3H3,(H,20,21)/t18-/m0/s1. The highest BCUT2D eigenvalue weighted by Gasteiger charge is 2.14. The third kappa shape index (κ3) is 4.49. The Bertz CT molecular complexity index is 620. The maximum Gasteiger partial charge on any atom is 0.251 e. The number of hydrogen-bond donors (Lipinski definition) is 1. The van der Waals surface area contributed by atoms with Crippen LogP contribution in [-0.2, 0) is 0 Å². The molecule has 1 amide bonds. The van der Waals surface area contributed by atoms with Crippen LogP contribution in [0.4, 0.5) is 0 Å². The van der Waals surface area contributed by atoms with Gasteiger partial charge in [-0.05, 0) is 55.3 Å². The maximum absolute atomic E-state index is 12.4. The van der Waals surface area contributed by atoms with Crippen molar-refractivity contribution in [2.45, 2.75) is 26.3 Å². The molecule has 0 heterocycles. The monoisotopic (exact) mass is 313 g/mol. The van der Waals surface area contributed by atoms with Crippen LogP contribution < -0.4 is 14.8 Å². The summed E-state index contributed by atoms with van der Waals surface area (Å²) in [5.74, 6) is 1.49. The van der Waals surface area contributed by atoms with E-state index in [4.69, 9.17) is 9.47 Å². The van der Waals surface area contributed by atoms with Crippen LogP contribution in [0.1, 0.15) is 42.2 Å². The van der Waals surface area contributed by atoms with Gasteiger partial charge in [-0.25, -0.2) is 0 Å².